The molecule has 4 nitrogen and oxygen atoms in total. The highest BCUT2D eigenvalue weighted by Crippen LogP contribution is 2.25. The zero-order valence-electron chi connectivity index (χ0n) is 9.43. The van der Waals surface area contributed by atoms with E-state index in [2.05, 4.69) is 21.8 Å². The largest absolute Gasteiger partial charge is 0.336 e. The second-order valence-electron chi connectivity index (χ2n) is 4.32. The van der Waals surface area contributed by atoms with Crippen LogP contribution < -0.4 is 10.6 Å². The zero-order chi connectivity index (χ0) is 11.5. The maximum absolute atomic E-state index is 12.7. The van der Waals surface area contributed by atoms with Crippen LogP contribution in [-0.2, 0) is 0 Å². The van der Waals surface area contributed by atoms with Gasteiger partial charge in [-0.2, -0.15) is 0 Å². The minimum Gasteiger partial charge on any atom is -0.336 e. The average Bonchev–Trinajstić information content (AvgIpc) is 2.30. The van der Waals surface area contributed by atoms with E-state index >= 15 is 0 Å². The minimum absolute atomic E-state index is 0.263. The molecule has 16 heavy (non-hydrogen) atoms. The van der Waals surface area contributed by atoms with Crippen LogP contribution in [0.15, 0.2) is 12.4 Å². The molecule has 1 fully saturated rings. The Kier molecular flexibility index (Phi) is 3.33. The van der Waals surface area contributed by atoms with Gasteiger partial charge in [-0.05, 0) is 18.8 Å². The normalized spacial score (nSPS) is 25.8. The van der Waals surface area contributed by atoms with Crippen molar-refractivity contribution in [2.75, 3.05) is 18.0 Å². The zero-order valence-corrected chi connectivity index (χ0v) is 9.43. The van der Waals surface area contributed by atoms with Crippen molar-refractivity contribution >= 4 is 5.95 Å². The third kappa shape index (κ3) is 2.14. The standard InChI is InChI=1S/C11H17FN4/c1-8-3-2-4-16(10(8)5-13)11-14-6-9(12)7-15-11/h6-8,10H,2-5,13H2,1H3. The van der Waals surface area contributed by atoms with Crippen molar-refractivity contribution in [3.63, 3.8) is 0 Å². The molecule has 5 heteroatoms. The minimum atomic E-state index is -0.405. The number of nitrogens with zero attached hydrogens (tertiary/aromatic N) is 3. The summed E-state index contributed by atoms with van der Waals surface area (Å²) in [5, 5.41) is 0. The number of anilines is 1. The van der Waals surface area contributed by atoms with E-state index in [0.717, 1.165) is 13.0 Å². The predicted octanol–water partition coefficient (Wildman–Crippen LogP) is 1.18. The van der Waals surface area contributed by atoms with Crippen LogP contribution in [0.3, 0.4) is 0 Å². The van der Waals surface area contributed by atoms with Gasteiger partial charge in [-0.3, -0.25) is 0 Å². The number of aromatic nitrogens is 2. The summed E-state index contributed by atoms with van der Waals surface area (Å²) in [6, 6.07) is 0.263. The monoisotopic (exact) mass is 224 g/mol. The van der Waals surface area contributed by atoms with Crippen molar-refractivity contribution in [1.29, 1.82) is 0 Å². The summed E-state index contributed by atoms with van der Waals surface area (Å²) in [5.74, 6) is 0.717. The van der Waals surface area contributed by atoms with E-state index in [0.29, 0.717) is 18.4 Å². The quantitative estimate of drug-likeness (QED) is 0.819. The van der Waals surface area contributed by atoms with Gasteiger partial charge in [-0.1, -0.05) is 6.92 Å². The molecule has 2 rings (SSSR count). The molecule has 0 amide bonds. The second-order valence-corrected chi connectivity index (χ2v) is 4.32. The molecule has 88 valence electrons. The number of rotatable bonds is 2. The van der Waals surface area contributed by atoms with Crippen molar-refractivity contribution in [3.05, 3.63) is 18.2 Å². The van der Waals surface area contributed by atoms with Gasteiger partial charge in [0, 0.05) is 19.1 Å². The van der Waals surface area contributed by atoms with E-state index in [-0.39, 0.29) is 6.04 Å². The molecule has 2 unspecified atom stereocenters. The Bertz CT molecular complexity index is 340. The molecule has 1 aromatic rings. The van der Waals surface area contributed by atoms with Crippen LogP contribution in [0, 0.1) is 11.7 Å². The first-order valence-electron chi connectivity index (χ1n) is 5.66. The topological polar surface area (TPSA) is 55.0 Å². The van der Waals surface area contributed by atoms with Crippen LogP contribution in [-0.4, -0.2) is 29.1 Å². The molecule has 0 saturated carbocycles. The Labute approximate surface area is 94.7 Å². The molecule has 0 bridgehead atoms. The van der Waals surface area contributed by atoms with E-state index in [1.54, 1.807) is 0 Å². The van der Waals surface area contributed by atoms with Crippen molar-refractivity contribution in [2.45, 2.75) is 25.8 Å². The summed E-state index contributed by atoms with van der Waals surface area (Å²) in [7, 11) is 0. The lowest BCUT2D eigenvalue weighted by Gasteiger charge is -2.39. The number of hydrogen-bond donors (Lipinski definition) is 1. The Balaban J connectivity index is 2.20. The predicted molar refractivity (Wildman–Crippen MR) is 60.6 cm³/mol. The van der Waals surface area contributed by atoms with Gasteiger partial charge in [0.25, 0.3) is 0 Å². The Morgan fingerprint density at radius 3 is 2.81 bits per heavy atom. The van der Waals surface area contributed by atoms with Crippen LogP contribution in [0.2, 0.25) is 0 Å². The molecule has 2 heterocycles. The van der Waals surface area contributed by atoms with Gasteiger partial charge < -0.3 is 10.6 Å². The summed E-state index contributed by atoms with van der Waals surface area (Å²) in [5.41, 5.74) is 5.78. The lowest BCUT2D eigenvalue weighted by molar-refractivity contribution is 0.345. The Morgan fingerprint density at radius 1 is 1.50 bits per heavy atom. The van der Waals surface area contributed by atoms with Crippen molar-refractivity contribution < 1.29 is 4.39 Å². The van der Waals surface area contributed by atoms with Gasteiger partial charge in [-0.15, -0.1) is 0 Å². The molecule has 2 atom stereocenters. The molecule has 0 radical (unpaired) electrons. The third-order valence-corrected chi connectivity index (χ3v) is 3.22. The van der Waals surface area contributed by atoms with Gasteiger partial charge in [0.05, 0.1) is 12.4 Å². The number of nitrogens with two attached hydrogens (primary N) is 1. The van der Waals surface area contributed by atoms with Crippen molar-refractivity contribution in [3.8, 4) is 0 Å². The highest BCUT2D eigenvalue weighted by atomic mass is 19.1. The van der Waals surface area contributed by atoms with Gasteiger partial charge >= 0.3 is 0 Å². The van der Waals surface area contributed by atoms with Crippen molar-refractivity contribution in [1.82, 2.24) is 9.97 Å². The van der Waals surface area contributed by atoms with Gasteiger partial charge in [0.1, 0.15) is 0 Å². The number of piperidine rings is 1. The van der Waals surface area contributed by atoms with Crippen molar-refractivity contribution in [2.24, 2.45) is 11.7 Å². The molecule has 0 spiro atoms. The molecule has 1 saturated heterocycles. The Hall–Kier alpha value is -1.23. The van der Waals surface area contributed by atoms with Crippen LogP contribution in [0.1, 0.15) is 19.8 Å². The van der Waals surface area contributed by atoms with Gasteiger partial charge in [0.2, 0.25) is 5.95 Å². The number of hydrogen-bond acceptors (Lipinski definition) is 4. The summed E-state index contributed by atoms with van der Waals surface area (Å²) in [6.45, 7) is 3.67. The van der Waals surface area contributed by atoms with Crippen LogP contribution in [0.25, 0.3) is 0 Å². The molecular formula is C11H17FN4. The first kappa shape index (κ1) is 11.3. The van der Waals surface area contributed by atoms with E-state index in [1.807, 2.05) is 0 Å². The molecule has 1 aliphatic heterocycles. The van der Waals surface area contributed by atoms with E-state index < -0.39 is 5.82 Å². The van der Waals surface area contributed by atoms with E-state index in [4.69, 9.17) is 5.73 Å². The fourth-order valence-corrected chi connectivity index (χ4v) is 2.31. The molecule has 2 N–H and O–H groups in total. The maximum atomic E-state index is 12.7. The second kappa shape index (κ2) is 4.74. The molecule has 1 aromatic heterocycles. The van der Waals surface area contributed by atoms with E-state index in [9.17, 15) is 4.39 Å². The summed E-state index contributed by atoms with van der Waals surface area (Å²) < 4.78 is 12.7. The highest BCUT2D eigenvalue weighted by Gasteiger charge is 2.28. The summed E-state index contributed by atoms with van der Waals surface area (Å²) in [6.07, 6.45) is 4.70. The van der Waals surface area contributed by atoms with E-state index in [1.165, 1.54) is 18.8 Å². The average molecular weight is 224 g/mol. The Morgan fingerprint density at radius 2 is 2.19 bits per heavy atom. The fourth-order valence-electron chi connectivity index (χ4n) is 2.31. The van der Waals surface area contributed by atoms with Crippen LogP contribution in [0.4, 0.5) is 10.3 Å². The SMILES string of the molecule is CC1CCCN(c2ncc(F)cn2)C1CN. The van der Waals surface area contributed by atoms with Crippen LogP contribution >= 0.6 is 0 Å². The molecular weight excluding hydrogens is 207 g/mol. The lowest BCUT2D eigenvalue weighted by atomic mass is 9.91. The first-order valence-corrected chi connectivity index (χ1v) is 5.66. The molecule has 1 aliphatic rings. The van der Waals surface area contributed by atoms with Gasteiger partial charge in [-0.25, -0.2) is 14.4 Å². The highest BCUT2D eigenvalue weighted by molar-refractivity contribution is 5.32. The third-order valence-electron chi connectivity index (χ3n) is 3.22. The number of halogens is 1. The van der Waals surface area contributed by atoms with Gasteiger partial charge in [0.15, 0.2) is 5.82 Å². The molecule has 0 aromatic carbocycles. The summed E-state index contributed by atoms with van der Waals surface area (Å²) >= 11 is 0. The fraction of sp³-hybridized carbons (Fsp3) is 0.636. The van der Waals surface area contributed by atoms with Crippen LogP contribution in [0.5, 0.6) is 0 Å². The summed E-state index contributed by atoms with van der Waals surface area (Å²) in [4.78, 5) is 10.1. The lowest BCUT2D eigenvalue weighted by Crippen LogP contribution is -2.49. The molecule has 0 aliphatic carbocycles. The smallest absolute Gasteiger partial charge is 0.225 e. The maximum Gasteiger partial charge on any atom is 0.225 e. The first-order chi connectivity index (χ1) is 7.72.